The fourth-order valence-electron chi connectivity index (χ4n) is 2.76. The molecule has 1 aromatic rings. The van der Waals surface area contributed by atoms with Crippen molar-refractivity contribution in [1.29, 1.82) is 0 Å². The number of carbonyl (C=O) groups is 1. The largest absolute Gasteiger partial charge is 0.336 e. The van der Waals surface area contributed by atoms with Crippen LogP contribution in [-0.4, -0.2) is 58.1 Å². The van der Waals surface area contributed by atoms with Crippen molar-refractivity contribution in [3.63, 3.8) is 0 Å². The lowest BCUT2D eigenvalue weighted by Gasteiger charge is -2.21. The molecule has 1 saturated carbocycles. The third-order valence-electron chi connectivity index (χ3n) is 4.11. The summed E-state index contributed by atoms with van der Waals surface area (Å²) < 4.78 is 0. The number of carbonyl (C=O) groups excluding carboxylic acids is 1. The molecule has 19 heavy (non-hydrogen) atoms. The molecule has 0 bridgehead atoms. The predicted octanol–water partition coefficient (Wildman–Crippen LogP) is 1.28. The van der Waals surface area contributed by atoms with E-state index in [0.717, 1.165) is 50.8 Å². The summed E-state index contributed by atoms with van der Waals surface area (Å²) in [4.78, 5) is 16.9. The Kier molecular flexibility index (Phi) is 3.55. The maximum Gasteiger partial charge on any atom is 0.274 e. The fourth-order valence-corrected chi connectivity index (χ4v) is 2.76. The summed E-state index contributed by atoms with van der Waals surface area (Å²) in [5.41, 5.74) is 1.59. The molecule has 0 spiro atoms. The first-order valence-corrected chi connectivity index (χ1v) is 7.35. The van der Waals surface area contributed by atoms with Crippen molar-refractivity contribution in [1.82, 2.24) is 20.0 Å². The van der Waals surface area contributed by atoms with Gasteiger partial charge in [0.2, 0.25) is 0 Å². The van der Waals surface area contributed by atoms with Crippen molar-refractivity contribution < 1.29 is 4.79 Å². The quantitative estimate of drug-likeness (QED) is 0.893. The summed E-state index contributed by atoms with van der Waals surface area (Å²) in [6.07, 6.45) is 4.64. The first-order valence-electron chi connectivity index (χ1n) is 7.35. The first-order chi connectivity index (χ1) is 9.28. The summed E-state index contributed by atoms with van der Waals surface area (Å²) in [6.45, 7) is 5.90. The Morgan fingerprint density at radius 3 is 2.89 bits per heavy atom. The molecule has 0 aromatic carbocycles. The van der Waals surface area contributed by atoms with Gasteiger partial charge in [0.05, 0.1) is 0 Å². The van der Waals surface area contributed by atoms with Crippen molar-refractivity contribution in [2.24, 2.45) is 0 Å². The van der Waals surface area contributed by atoms with Crippen LogP contribution < -0.4 is 0 Å². The third kappa shape index (κ3) is 2.81. The maximum atomic E-state index is 12.4. The molecule has 0 unspecified atom stereocenters. The van der Waals surface area contributed by atoms with E-state index < -0.39 is 0 Å². The van der Waals surface area contributed by atoms with E-state index >= 15 is 0 Å². The molecule has 1 N–H and O–H groups in total. The number of hydrogen-bond donors (Lipinski definition) is 1. The van der Waals surface area contributed by atoms with Gasteiger partial charge in [0.15, 0.2) is 0 Å². The molecule has 1 aromatic heterocycles. The zero-order valence-corrected chi connectivity index (χ0v) is 11.6. The molecular formula is C14H22N4O. The van der Waals surface area contributed by atoms with Crippen molar-refractivity contribution >= 4 is 5.91 Å². The minimum Gasteiger partial charge on any atom is -0.336 e. The van der Waals surface area contributed by atoms with Crippen LogP contribution in [0.4, 0.5) is 0 Å². The number of nitrogens with one attached hydrogen (secondary N) is 1. The molecule has 2 fully saturated rings. The lowest BCUT2D eigenvalue weighted by Crippen LogP contribution is -2.36. The molecule has 2 aliphatic rings. The predicted molar refractivity (Wildman–Crippen MR) is 73.1 cm³/mol. The molecule has 104 valence electrons. The van der Waals surface area contributed by atoms with Gasteiger partial charge in [0.25, 0.3) is 5.91 Å². The lowest BCUT2D eigenvalue weighted by atomic mass is 10.2. The van der Waals surface area contributed by atoms with E-state index in [2.05, 4.69) is 22.0 Å². The molecule has 0 atom stereocenters. The highest BCUT2D eigenvalue weighted by Gasteiger charge is 2.31. The van der Waals surface area contributed by atoms with Crippen LogP contribution in [0, 0.1) is 0 Å². The minimum absolute atomic E-state index is 0.0774. The van der Waals surface area contributed by atoms with Crippen molar-refractivity contribution in [2.75, 3.05) is 26.2 Å². The molecule has 0 radical (unpaired) electrons. The third-order valence-corrected chi connectivity index (χ3v) is 4.11. The van der Waals surface area contributed by atoms with Gasteiger partial charge in [-0.1, -0.05) is 6.92 Å². The highest BCUT2D eigenvalue weighted by molar-refractivity contribution is 5.92. The van der Waals surface area contributed by atoms with Crippen LogP contribution in [0.2, 0.25) is 0 Å². The molecule has 3 rings (SSSR count). The highest BCUT2D eigenvalue weighted by Crippen LogP contribution is 2.27. The molecular weight excluding hydrogens is 240 g/mol. The molecule has 1 amide bonds. The Morgan fingerprint density at radius 2 is 2.21 bits per heavy atom. The number of aryl methyl sites for hydroxylation is 1. The van der Waals surface area contributed by atoms with Crippen molar-refractivity contribution in [3.8, 4) is 0 Å². The number of rotatable bonds is 3. The molecule has 1 saturated heterocycles. The Balaban J connectivity index is 1.62. The number of nitrogens with zero attached hydrogens (tertiary/aromatic N) is 3. The van der Waals surface area contributed by atoms with Crippen LogP contribution in [0.25, 0.3) is 0 Å². The van der Waals surface area contributed by atoms with E-state index in [1.54, 1.807) is 0 Å². The average molecular weight is 262 g/mol. The summed E-state index contributed by atoms with van der Waals surface area (Å²) in [7, 11) is 0. The average Bonchev–Trinajstić information content (AvgIpc) is 3.19. The number of aromatic nitrogens is 2. The molecule has 5 heteroatoms. The topological polar surface area (TPSA) is 52.2 Å². The van der Waals surface area contributed by atoms with Crippen LogP contribution in [0.3, 0.4) is 0 Å². The maximum absolute atomic E-state index is 12.4. The van der Waals surface area contributed by atoms with Gasteiger partial charge < -0.3 is 4.90 Å². The van der Waals surface area contributed by atoms with Crippen LogP contribution in [0.1, 0.15) is 42.4 Å². The Morgan fingerprint density at radius 1 is 1.37 bits per heavy atom. The second-order valence-electron chi connectivity index (χ2n) is 5.54. The SMILES string of the molecule is CCc1cc(C(=O)N2CCCN(C3CC3)CC2)n[nH]1. The minimum atomic E-state index is 0.0774. The van der Waals surface area contributed by atoms with Gasteiger partial charge >= 0.3 is 0 Å². The summed E-state index contributed by atoms with van der Waals surface area (Å²) in [6, 6.07) is 2.68. The van der Waals surface area contributed by atoms with E-state index in [4.69, 9.17) is 0 Å². The monoisotopic (exact) mass is 262 g/mol. The smallest absolute Gasteiger partial charge is 0.274 e. The van der Waals surface area contributed by atoms with Crippen LogP contribution in [0.5, 0.6) is 0 Å². The van der Waals surface area contributed by atoms with E-state index in [9.17, 15) is 4.79 Å². The van der Waals surface area contributed by atoms with E-state index in [1.165, 1.54) is 12.8 Å². The Labute approximate surface area is 114 Å². The van der Waals surface area contributed by atoms with Gasteiger partial charge in [-0.3, -0.25) is 14.8 Å². The summed E-state index contributed by atoms with van der Waals surface area (Å²) in [5, 5.41) is 7.05. The summed E-state index contributed by atoms with van der Waals surface area (Å²) in [5.74, 6) is 0.0774. The molecule has 1 aliphatic carbocycles. The number of H-pyrrole nitrogens is 1. The fraction of sp³-hybridized carbons (Fsp3) is 0.714. The highest BCUT2D eigenvalue weighted by atomic mass is 16.2. The van der Waals surface area contributed by atoms with Crippen molar-refractivity contribution in [2.45, 2.75) is 38.6 Å². The van der Waals surface area contributed by atoms with E-state index in [1.807, 2.05) is 11.0 Å². The second-order valence-corrected chi connectivity index (χ2v) is 5.54. The second kappa shape index (κ2) is 5.33. The number of aromatic amines is 1. The van der Waals surface area contributed by atoms with Gasteiger partial charge in [-0.2, -0.15) is 5.10 Å². The van der Waals surface area contributed by atoms with Gasteiger partial charge in [-0.25, -0.2) is 0 Å². The number of hydrogen-bond acceptors (Lipinski definition) is 3. The van der Waals surface area contributed by atoms with E-state index in [-0.39, 0.29) is 5.91 Å². The number of amides is 1. The van der Waals surface area contributed by atoms with Gasteiger partial charge in [-0.05, 0) is 31.7 Å². The zero-order chi connectivity index (χ0) is 13.2. The zero-order valence-electron chi connectivity index (χ0n) is 11.6. The van der Waals surface area contributed by atoms with Crippen LogP contribution in [0.15, 0.2) is 6.07 Å². The standard InChI is InChI=1S/C14H22N4O/c1-2-11-10-13(16-15-11)14(19)18-7-3-6-17(8-9-18)12-4-5-12/h10,12H,2-9H2,1H3,(H,15,16). The van der Waals surface area contributed by atoms with Crippen LogP contribution >= 0.6 is 0 Å². The molecule has 1 aliphatic heterocycles. The van der Waals surface area contributed by atoms with E-state index in [0.29, 0.717) is 5.69 Å². The van der Waals surface area contributed by atoms with Crippen molar-refractivity contribution in [3.05, 3.63) is 17.5 Å². The Hall–Kier alpha value is -1.36. The van der Waals surface area contributed by atoms with Crippen LogP contribution in [-0.2, 0) is 6.42 Å². The van der Waals surface area contributed by atoms with Gasteiger partial charge in [0, 0.05) is 37.9 Å². The molecule has 2 heterocycles. The Bertz CT molecular complexity index is 452. The van der Waals surface area contributed by atoms with Gasteiger partial charge in [-0.15, -0.1) is 0 Å². The summed E-state index contributed by atoms with van der Waals surface area (Å²) >= 11 is 0. The molecule has 5 nitrogen and oxygen atoms in total. The first kappa shape index (κ1) is 12.7. The lowest BCUT2D eigenvalue weighted by molar-refractivity contribution is 0.0755. The van der Waals surface area contributed by atoms with Gasteiger partial charge in [0.1, 0.15) is 5.69 Å². The normalized spacial score (nSPS) is 21.4.